The van der Waals surface area contributed by atoms with Crippen LogP contribution in [0.15, 0.2) is 0 Å². The van der Waals surface area contributed by atoms with Crippen LogP contribution in [0.5, 0.6) is 0 Å². The standard InChI is InChI=1S/C5H7F3N2O3S/c6-5(7,8)14(12,13)10-4(11)3-1-9-2-3/h3,9H,1-2H2,(H,10,11). The van der Waals surface area contributed by atoms with Crippen molar-refractivity contribution in [3.05, 3.63) is 0 Å². The number of amides is 1. The molecule has 9 heteroatoms. The molecule has 1 aliphatic rings. The first-order valence-electron chi connectivity index (χ1n) is 3.57. The van der Waals surface area contributed by atoms with Gasteiger partial charge in [0, 0.05) is 13.1 Å². The van der Waals surface area contributed by atoms with Gasteiger partial charge in [0.25, 0.3) is 0 Å². The zero-order valence-electron chi connectivity index (χ0n) is 6.76. The molecule has 0 bridgehead atoms. The van der Waals surface area contributed by atoms with Crippen molar-refractivity contribution >= 4 is 15.9 Å². The number of alkyl halides is 3. The van der Waals surface area contributed by atoms with Crippen molar-refractivity contribution in [1.82, 2.24) is 10.0 Å². The third-order valence-corrected chi connectivity index (χ3v) is 2.77. The van der Waals surface area contributed by atoms with Gasteiger partial charge in [-0.3, -0.25) is 4.79 Å². The van der Waals surface area contributed by atoms with E-state index in [0.29, 0.717) is 0 Å². The molecule has 0 aliphatic carbocycles. The number of carbonyl (C=O) groups excluding carboxylic acids is 1. The molecule has 0 radical (unpaired) electrons. The molecule has 1 rings (SSSR count). The molecule has 1 aliphatic heterocycles. The molecule has 0 aromatic rings. The van der Waals surface area contributed by atoms with Crippen molar-refractivity contribution in [3.8, 4) is 0 Å². The van der Waals surface area contributed by atoms with Crippen LogP contribution in [0.3, 0.4) is 0 Å². The fourth-order valence-corrected chi connectivity index (χ4v) is 1.29. The average Bonchev–Trinajstić information content (AvgIpc) is 1.76. The second-order valence-corrected chi connectivity index (χ2v) is 4.44. The summed E-state index contributed by atoms with van der Waals surface area (Å²) in [5, 5.41) is 2.63. The topological polar surface area (TPSA) is 75.3 Å². The summed E-state index contributed by atoms with van der Waals surface area (Å²) in [4.78, 5) is 10.9. The summed E-state index contributed by atoms with van der Waals surface area (Å²) in [7, 11) is -5.55. The molecule has 5 nitrogen and oxygen atoms in total. The Morgan fingerprint density at radius 2 is 1.86 bits per heavy atom. The maximum atomic E-state index is 11.8. The molecule has 2 N–H and O–H groups in total. The van der Waals surface area contributed by atoms with Crippen molar-refractivity contribution in [2.45, 2.75) is 5.51 Å². The highest BCUT2D eigenvalue weighted by Crippen LogP contribution is 2.22. The molecule has 0 aromatic heterocycles. The van der Waals surface area contributed by atoms with Gasteiger partial charge in [-0.15, -0.1) is 0 Å². The van der Waals surface area contributed by atoms with E-state index in [1.165, 1.54) is 0 Å². The molecule has 0 atom stereocenters. The van der Waals surface area contributed by atoms with E-state index < -0.39 is 27.4 Å². The fourth-order valence-electron chi connectivity index (χ4n) is 0.748. The van der Waals surface area contributed by atoms with Crippen LogP contribution in [0.1, 0.15) is 0 Å². The quantitative estimate of drug-likeness (QED) is 0.651. The largest absolute Gasteiger partial charge is 0.516 e. The minimum absolute atomic E-state index is 0.194. The maximum Gasteiger partial charge on any atom is 0.516 e. The predicted octanol–water partition coefficient (Wildman–Crippen LogP) is -0.828. The van der Waals surface area contributed by atoms with Gasteiger partial charge in [-0.25, -0.2) is 4.72 Å². The van der Waals surface area contributed by atoms with E-state index in [0.717, 1.165) is 4.72 Å². The summed E-state index contributed by atoms with van der Waals surface area (Å²) >= 11 is 0. The van der Waals surface area contributed by atoms with Crippen LogP contribution in [-0.4, -0.2) is 32.9 Å². The van der Waals surface area contributed by atoms with E-state index in [2.05, 4.69) is 5.32 Å². The lowest BCUT2D eigenvalue weighted by Gasteiger charge is -2.25. The van der Waals surface area contributed by atoms with E-state index in [1.54, 1.807) is 0 Å². The van der Waals surface area contributed by atoms with Crippen molar-refractivity contribution in [2.75, 3.05) is 13.1 Å². The van der Waals surface area contributed by atoms with Crippen LogP contribution in [0.25, 0.3) is 0 Å². The Labute approximate surface area is 77.7 Å². The number of hydrogen-bond donors (Lipinski definition) is 2. The number of rotatable bonds is 2. The molecule has 82 valence electrons. The predicted molar refractivity (Wildman–Crippen MR) is 39.5 cm³/mol. The van der Waals surface area contributed by atoms with E-state index >= 15 is 0 Å². The Kier molecular flexibility index (Phi) is 2.72. The second kappa shape index (κ2) is 3.39. The number of nitrogens with one attached hydrogen (secondary N) is 2. The van der Waals surface area contributed by atoms with Gasteiger partial charge in [0.15, 0.2) is 0 Å². The SMILES string of the molecule is O=C(NS(=O)(=O)C(F)(F)F)C1CNC1. The highest BCUT2D eigenvalue weighted by Gasteiger charge is 2.47. The monoisotopic (exact) mass is 232 g/mol. The summed E-state index contributed by atoms with van der Waals surface area (Å²) in [6.45, 7) is 0.387. The number of sulfonamides is 1. The van der Waals surface area contributed by atoms with Gasteiger partial charge in [0.1, 0.15) is 0 Å². The van der Waals surface area contributed by atoms with Gasteiger partial charge in [0.2, 0.25) is 5.91 Å². The van der Waals surface area contributed by atoms with Crippen molar-refractivity contribution in [3.63, 3.8) is 0 Å². The normalized spacial score (nSPS) is 18.8. The Morgan fingerprint density at radius 3 is 2.14 bits per heavy atom. The van der Waals surface area contributed by atoms with Crippen LogP contribution in [-0.2, 0) is 14.8 Å². The minimum atomic E-state index is -5.55. The van der Waals surface area contributed by atoms with E-state index in [4.69, 9.17) is 0 Å². The molecular formula is C5H7F3N2O3S. The highest BCUT2D eigenvalue weighted by atomic mass is 32.2. The van der Waals surface area contributed by atoms with Gasteiger partial charge >= 0.3 is 15.5 Å². The van der Waals surface area contributed by atoms with Gasteiger partial charge in [0.05, 0.1) is 5.92 Å². The summed E-state index contributed by atoms with van der Waals surface area (Å²) in [6.07, 6.45) is 0. The van der Waals surface area contributed by atoms with Crippen LogP contribution < -0.4 is 10.0 Å². The molecule has 1 amide bonds. The molecule has 0 aromatic carbocycles. The van der Waals surface area contributed by atoms with Crippen molar-refractivity contribution in [1.29, 1.82) is 0 Å². The zero-order chi connectivity index (χ0) is 11.0. The fraction of sp³-hybridized carbons (Fsp3) is 0.800. The number of hydrogen-bond acceptors (Lipinski definition) is 4. The maximum absolute atomic E-state index is 11.8. The second-order valence-electron chi connectivity index (χ2n) is 2.77. The number of carbonyl (C=O) groups is 1. The Morgan fingerprint density at radius 1 is 1.36 bits per heavy atom. The summed E-state index contributed by atoms with van der Waals surface area (Å²) in [5.74, 6) is -1.83. The Balaban J connectivity index is 2.63. The first-order valence-corrected chi connectivity index (χ1v) is 5.06. The molecule has 0 saturated carbocycles. The van der Waals surface area contributed by atoms with Crippen LogP contribution in [0.2, 0.25) is 0 Å². The minimum Gasteiger partial charge on any atom is -0.315 e. The van der Waals surface area contributed by atoms with Crippen molar-refractivity contribution in [2.24, 2.45) is 5.92 Å². The first kappa shape index (κ1) is 11.2. The third kappa shape index (κ3) is 2.15. The van der Waals surface area contributed by atoms with Crippen molar-refractivity contribution < 1.29 is 26.4 Å². The zero-order valence-corrected chi connectivity index (χ0v) is 7.57. The van der Waals surface area contributed by atoms with E-state index in [1.807, 2.05) is 0 Å². The molecule has 1 saturated heterocycles. The lowest BCUT2D eigenvalue weighted by molar-refractivity contribution is -0.125. The van der Waals surface area contributed by atoms with Crippen LogP contribution >= 0.6 is 0 Å². The Bertz CT molecular complexity index is 333. The molecular weight excluding hydrogens is 225 g/mol. The summed E-state index contributed by atoms with van der Waals surface area (Å²) < 4.78 is 57.1. The molecule has 0 unspecified atom stereocenters. The van der Waals surface area contributed by atoms with Gasteiger partial charge < -0.3 is 5.32 Å². The van der Waals surface area contributed by atoms with Gasteiger partial charge in [-0.2, -0.15) is 21.6 Å². The number of halogens is 3. The highest BCUT2D eigenvalue weighted by molar-refractivity contribution is 7.90. The van der Waals surface area contributed by atoms with Crippen LogP contribution in [0, 0.1) is 5.92 Å². The molecule has 14 heavy (non-hydrogen) atoms. The smallest absolute Gasteiger partial charge is 0.315 e. The molecule has 1 heterocycles. The third-order valence-electron chi connectivity index (χ3n) is 1.69. The molecule has 1 fully saturated rings. The van der Waals surface area contributed by atoms with E-state index in [9.17, 15) is 26.4 Å². The Hall–Kier alpha value is -0.830. The van der Waals surface area contributed by atoms with Gasteiger partial charge in [-0.1, -0.05) is 0 Å². The summed E-state index contributed by atoms with van der Waals surface area (Å²) in [6, 6.07) is 0. The lowest BCUT2D eigenvalue weighted by Crippen LogP contribution is -2.53. The first-order chi connectivity index (χ1) is 6.24. The van der Waals surface area contributed by atoms with E-state index in [-0.39, 0.29) is 13.1 Å². The lowest BCUT2D eigenvalue weighted by atomic mass is 10.0. The van der Waals surface area contributed by atoms with Gasteiger partial charge in [-0.05, 0) is 0 Å². The molecule has 0 spiro atoms. The average molecular weight is 232 g/mol. The summed E-state index contributed by atoms with van der Waals surface area (Å²) in [5.41, 5.74) is -5.44. The van der Waals surface area contributed by atoms with Crippen LogP contribution in [0.4, 0.5) is 13.2 Å².